The molecule has 0 amide bonds. The molecule has 0 saturated heterocycles. The van der Waals surface area contributed by atoms with Gasteiger partial charge in [0.1, 0.15) is 0 Å². The molecule has 0 N–H and O–H groups in total. The Morgan fingerprint density at radius 1 is 1.56 bits per heavy atom. The van der Waals surface area contributed by atoms with Crippen LogP contribution in [0.3, 0.4) is 0 Å². The highest BCUT2D eigenvalue weighted by atomic mass is 19.4. The molecule has 0 bridgehead atoms. The van der Waals surface area contributed by atoms with Crippen molar-refractivity contribution in [2.75, 3.05) is 13.2 Å². The van der Waals surface area contributed by atoms with Crippen LogP contribution in [0.1, 0.15) is 17.4 Å². The van der Waals surface area contributed by atoms with E-state index in [1.165, 1.54) is 0 Å². The van der Waals surface area contributed by atoms with Gasteiger partial charge in [0.25, 0.3) is 5.78 Å². The third-order valence-corrected chi connectivity index (χ3v) is 1.70. The average Bonchev–Trinajstić information content (AvgIpc) is 2.64. The smallest absolute Gasteiger partial charge is 0.380 e. The molecular formula is C8H10F3N3O2. The Balaban J connectivity index is 2.61. The third-order valence-electron chi connectivity index (χ3n) is 1.70. The van der Waals surface area contributed by atoms with Gasteiger partial charge < -0.3 is 4.74 Å². The number of ketones is 1. The molecule has 1 aromatic rings. The number of rotatable bonds is 5. The van der Waals surface area contributed by atoms with Crippen molar-refractivity contribution in [1.82, 2.24) is 15.0 Å². The zero-order valence-corrected chi connectivity index (χ0v) is 8.49. The molecule has 0 fully saturated rings. The summed E-state index contributed by atoms with van der Waals surface area (Å²) in [6, 6.07) is 0. The molecule has 0 radical (unpaired) electrons. The summed E-state index contributed by atoms with van der Waals surface area (Å²) in [5.41, 5.74) is -0.705. The zero-order valence-electron chi connectivity index (χ0n) is 8.49. The maximum atomic E-state index is 12.0. The van der Waals surface area contributed by atoms with E-state index in [0.29, 0.717) is 13.2 Å². The number of alkyl halides is 3. The molecule has 1 rings (SSSR count). The van der Waals surface area contributed by atoms with Crippen LogP contribution in [0.2, 0.25) is 0 Å². The molecule has 0 aliphatic rings. The molecule has 90 valence electrons. The number of hydrogen-bond acceptors (Lipinski definition) is 4. The van der Waals surface area contributed by atoms with Crippen LogP contribution in [0.5, 0.6) is 0 Å². The molecule has 0 unspecified atom stereocenters. The summed E-state index contributed by atoms with van der Waals surface area (Å²) in [7, 11) is 0. The number of nitrogens with zero attached hydrogens (tertiary/aromatic N) is 3. The second-order valence-electron chi connectivity index (χ2n) is 2.89. The first-order valence-corrected chi connectivity index (χ1v) is 4.54. The molecule has 0 aliphatic carbocycles. The predicted molar refractivity (Wildman–Crippen MR) is 46.9 cm³/mol. The summed E-state index contributed by atoms with van der Waals surface area (Å²) in [5, 5.41) is 6.54. The second kappa shape index (κ2) is 5.06. The first-order chi connectivity index (χ1) is 7.45. The molecule has 8 heteroatoms. The van der Waals surface area contributed by atoms with Crippen molar-refractivity contribution < 1.29 is 22.7 Å². The van der Waals surface area contributed by atoms with Gasteiger partial charge in [0, 0.05) is 6.61 Å². The van der Waals surface area contributed by atoms with Crippen molar-refractivity contribution in [1.29, 1.82) is 0 Å². The fourth-order valence-electron chi connectivity index (χ4n) is 0.959. The zero-order chi connectivity index (χ0) is 12.2. The lowest BCUT2D eigenvalue weighted by Crippen LogP contribution is -2.23. The van der Waals surface area contributed by atoms with Crippen molar-refractivity contribution >= 4 is 5.78 Å². The Morgan fingerprint density at radius 3 is 2.81 bits per heavy atom. The number of hydrogen-bond donors (Lipinski definition) is 0. The van der Waals surface area contributed by atoms with Crippen molar-refractivity contribution in [3.05, 3.63) is 11.9 Å². The summed E-state index contributed by atoms with van der Waals surface area (Å²) in [6.07, 6.45) is -3.96. The summed E-state index contributed by atoms with van der Waals surface area (Å²) >= 11 is 0. The minimum absolute atomic E-state index is 0.256. The Morgan fingerprint density at radius 2 is 2.25 bits per heavy atom. The lowest BCUT2D eigenvalue weighted by molar-refractivity contribution is -0.0888. The van der Waals surface area contributed by atoms with Crippen LogP contribution in [0, 0.1) is 0 Å². The average molecular weight is 237 g/mol. The van der Waals surface area contributed by atoms with Gasteiger partial charge in [0.2, 0.25) is 0 Å². The quantitative estimate of drug-likeness (QED) is 0.567. The molecular weight excluding hydrogens is 227 g/mol. The highest BCUT2D eigenvalue weighted by Crippen LogP contribution is 2.19. The maximum Gasteiger partial charge on any atom is 0.456 e. The Kier molecular flexibility index (Phi) is 3.99. The molecule has 0 aliphatic heterocycles. The van der Waals surface area contributed by atoms with Gasteiger partial charge in [-0.25, -0.2) is 4.68 Å². The van der Waals surface area contributed by atoms with Crippen LogP contribution in [0.15, 0.2) is 6.20 Å². The van der Waals surface area contributed by atoms with Crippen LogP contribution >= 0.6 is 0 Å². The van der Waals surface area contributed by atoms with E-state index in [1.54, 1.807) is 6.92 Å². The number of carbonyl (C=O) groups excluding carboxylic acids is 1. The van der Waals surface area contributed by atoms with E-state index in [2.05, 4.69) is 10.3 Å². The largest absolute Gasteiger partial charge is 0.456 e. The number of ether oxygens (including phenoxy) is 1. The summed E-state index contributed by atoms with van der Waals surface area (Å²) in [6.45, 7) is 2.86. The number of halogens is 3. The fourth-order valence-corrected chi connectivity index (χ4v) is 0.959. The summed E-state index contributed by atoms with van der Waals surface area (Å²) in [5.74, 6) is -1.99. The molecule has 0 spiro atoms. The van der Waals surface area contributed by atoms with Gasteiger partial charge in [0.05, 0.1) is 19.3 Å². The number of carbonyl (C=O) groups is 1. The minimum Gasteiger partial charge on any atom is -0.380 e. The highest BCUT2D eigenvalue weighted by Gasteiger charge is 2.41. The van der Waals surface area contributed by atoms with Gasteiger partial charge in [0.15, 0.2) is 5.69 Å². The first kappa shape index (κ1) is 12.6. The third kappa shape index (κ3) is 3.30. The van der Waals surface area contributed by atoms with Crippen molar-refractivity contribution in [3.63, 3.8) is 0 Å². The van der Waals surface area contributed by atoms with Gasteiger partial charge >= 0.3 is 6.18 Å². The lowest BCUT2D eigenvalue weighted by Gasteiger charge is -2.00. The standard InChI is InChI=1S/C8H10F3N3O2/c1-2-16-4-3-14-5-6(12-13-14)7(15)8(9,10)11/h5H,2-4H2,1H3. The van der Waals surface area contributed by atoms with Gasteiger partial charge in [-0.15, -0.1) is 5.10 Å². The van der Waals surface area contributed by atoms with E-state index in [4.69, 9.17) is 4.74 Å². The Hall–Kier alpha value is -1.44. The topological polar surface area (TPSA) is 57.0 Å². The maximum absolute atomic E-state index is 12.0. The molecule has 0 aromatic carbocycles. The highest BCUT2D eigenvalue weighted by molar-refractivity contribution is 5.98. The van der Waals surface area contributed by atoms with Crippen LogP contribution in [0.4, 0.5) is 13.2 Å². The molecule has 1 heterocycles. The van der Waals surface area contributed by atoms with Gasteiger partial charge in [-0.2, -0.15) is 13.2 Å². The van der Waals surface area contributed by atoms with E-state index in [-0.39, 0.29) is 6.54 Å². The SMILES string of the molecule is CCOCCn1cc(C(=O)C(F)(F)F)nn1. The lowest BCUT2D eigenvalue weighted by atomic mass is 10.3. The molecule has 5 nitrogen and oxygen atoms in total. The Bertz CT molecular complexity index is 362. The van der Waals surface area contributed by atoms with Crippen molar-refractivity contribution in [2.24, 2.45) is 0 Å². The predicted octanol–water partition coefficient (Wildman–Crippen LogP) is 1.06. The Labute approximate surface area is 89.2 Å². The minimum atomic E-state index is -4.92. The second-order valence-corrected chi connectivity index (χ2v) is 2.89. The fraction of sp³-hybridized carbons (Fsp3) is 0.625. The van der Waals surface area contributed by atoms with E-state index >= 15 is 0 Å². The van der Waals surface area contributed by atoms with Gasteiger partial charge in [-0.3, -0.25) is 4.79 Å². The van der Waals surface area contributed by atoms with Crippen LogP contribution in [-0.4, -0.2) is 40.2 Å². The molecule has 0 atom stereocenters. The first-order valence-electron chi connectivity index (χ1n) is 4.54. The van der Waals surface area contributed by atoms with E-state index in [1.807, 2.05) is 0 Å². The van der Waals surface area contributed by atoms with E-state index < -0.39 is 17.7 Å². The van der Waals surface area contributed by atoms with E-state index in [9.17, 15) is 18.0 Å². The normalized spacial score (nSPS) is 11.8. The molecule has 1 aromatic heterocycles. The summed E-state index contributed by atoms with van der Waals surface area (Å²) in [4.78, 5) is 10.7. The van der Waals surface area contributed by atoms with Crippen LogP contribution in [-0.2, 0) is 11.3 Å². The van der Waals surface area contributed by atoms with E-state index in [0.717, 1.165) is 10.9 Å². The van der Waals surface area contributed by atoms with Crippen LogP contribution in [0.25, 0.3) is 0 Å². The monoisotopic (exact) mass is 237 g/mol. The number of aromatic nitrogens is 3. The van der Waals surface area contributed by atoms with Gasteiger partial charge in [-0.1, -0.05) is 5.21 Å². The molecule has 0 saturated carbocycles. The van der Waals surface area contributed by atoms with Crippen molar-refractivity contribution in [2.45, 2.75) is 19.6 Å². The molecule has 16 heavy (non-hydrogen) atoms. The number of Topliss-reactive ketones (excluding diaryl/α,β-unsaturated/α-hetero) is 1. The summed E-state index contributed by atoms with van der Waals surface area (Å²) < 4.78 is 42.1. The van der Waals surface area contributed by atoms with Gasteiger partial charge in [-0.05, 0) is 6.92 Å². The van der Waals surface area contributed by atoms with Crippen LogP contribution < -0.4 is 0 Å². The van der Waals surface area contributed by atoms with Crippen molar-refractivity contribution in [3.8, 4) is 0 Å².